The first-order valence-corrected chi connectivity index (χ1v) is 8.86. The van der Waals surface area contributed by atoms with Crippen molar-refractivity contribution < 1.29 is 26.0 Å². The van der Waals surface area contributed by atoms with Crippen LogP contribution < -0.4 is 5.32 Å². The number of para-hydroxylation sites is 1. The van der Waals surface area contributed by atoms with Crippen molar-refractivity contribution in [2.45, 2.75) is 16.9 Å². The molecule has 0 fully saturated rings. The van der Waals surface area contributed by atoms with Gasteiger partial charge < -0.3 is 5.32 Å². The highest BCUT2D eigenvalue weighted by Gasteiger charge is 2.48. The molecule has 0 aliphatic rings. The Morgan fingerprint density at radius 2 is 1.77 bits per heavy atom. The molecular weight excluding hydrogens is 372 g/mol. The fraction of sp³-hybridized carbons (Fsp3) is 0.118. The van der Waals surface area contributed by atoms with Gasteiger partial charge in [0.1, 0.15) is 10.7 Å². The number of alkyl halides is 3. The van der Waals surface area contributed by atoms with Crippen molar-refractivity contribution in [3.05, 3.63) is 66.1 Å². The molecule has 0 amide bonds. The van der Waals surface area contributed by atoms with Crippen LogP contribution in [0.3, 0.4) is 0 Å². The van der Waals surface area contributed by atoms with Gasteiger partial charge >= 0.3 is 5.51 Å². The fourth-order valence-corrected chi connectivity index (χ4v) is 3.44. The zero-order valence-electron chi connectivity index (χ0n) is 13.1. The van der Waals surface area contributed by atoms with E-state index in [9.17, 15) is 26.0 Å². The lowest BCUT2D eigenvalue weighted by molar-refractivity contribution is -0.0435. The van der Waals surface area contributed by atoms with Gasteiger partial charge in [-0.1, -0.05) is 24.3 Å². The predicted molar refractivity (Wildman–Crippen MR) is 88.7 cm³/mol. The summed E-state index contributed by atoms with van der Waals surface area (Å²) < 4.78 is 75.3. The summed E-state index contributed by atoms with van der Waals surface area (Å²) in [6.45, 7) is 0.0142. The van der Waals surface area contributed by atoms with Crippen molar-refractivity contribution in [2.75, 3.05) is 5.32 Å². The highest BCUT2D eigenvalue weighted by atomic mass is 32.2. The monoisotopic (exact) mass is 384 g/mol. The summed E-state index contributed by atoms with van der Waals surface area (Å²) in [5, 5.41) is 3.47. The fourth-order valence-electron chi connectivity index (χ4n) is 2.49. The number of nitrogens with zero attached hydrogens (tertiary/aromatic N) is 1. The maximum absolute atomic E-state index is 13.4. The van der Waals surface area contributed by atoms with Crippen molar-refractivity contribution in [1.82, 2.24) is 4.98 Å². The summed E-state index contributed by atoms with van der Waals surface area (Å²) in [6.07, 6.45) is 1.57. The number of nitrogens with one attached hydrogen (secondary N) is 1. The van der Waals surface area contributed by atoms with Crippen LogP contribution in [0.1, 0.15) is 5.56 Å². The summed E-state index contributed by atoms with van der Waals surface area (Å²) in [5.74, 6) is -1.08. The number of hydrogen-bond acceptors (Lipinski definition) is 4. The highest BCUT2D eigenvalue weighted by Crippen LogP contribution is 2.35. The molecule has 2 aromatic carbocycles. The third-order valence-corrected chi connectivity index (χ3v) is 5.25. The van der Waals surface area contributed by atoms with Gasteiger partial charge in [-0.2, -0.15) is 13.2 Å². The summed E-state index contributed by atoms with van der Waals surface area (Å²) >= 11 is 0. The molecule has 4 nitrogen and oxygen atoms in total. The topological polar surface area (TPSA) is 59.1 Å². The minimum atomic E-state index is -5.69. The number of hydrogen-bond donors (Lipinski definition) is 1. The zero-order valence-corrected chi connectivity index (χ0v) is 13.9. The maximum Gasteiger partial charge on any atom is 0.501 e. The molecule has 0 aliphatic heterocycles. The molecule has 26 heavy (non-hydrogen) atoms. The predicted octanol–water partition coefficient (Wildman–Crippen LogP) is 4.28. The molecule has 136 valence electrons. The van der Waals surface area contributed by atoms with Crippen LogP contribution in [0.2, 0.25) is 0 Å². The molecule has 0 saturated heterocycles. The number of aromatic nitrogens is 1. The molecule has 9 heteroatoms. The minimum absolute atomic E-state index is 0.0142. The van der Waals surface area contributed by atoms with Crippen LogP contribution in [0.5, 0.6) is 0 Å². The molecular formula is C17H12F4N2O2S. The molecule has 0 spiro atoms. The number of halogens is 4. The normalized spacial score (nSPS) is 12.3. The van der Waals surface area contributed by atoms with Gasteiger partial charge in [-0.3, -0.25) is 4.98 Å². The number of anilines is 1. The summed E-state index contributed by atoms with van der Waals surface area (Å²) in [5.41, 5.74) is -4.58. The van der Waals surface area contributed by atoms with Crippen LogP contribution in [0, 0.1) is 5.82 Å². The Labute approximate surface area is 146 Å². The Hall–Kier alpha value is -2.68. The van der Waals surface area contributed by atoms with E-state index in [2.05, 4.69) is 10.3 Å². The van der Waals surface area contributed by atoms with Gasteiger partial charge in [0.15, 0.2) is 0 Å². The van der Waals surface area contributed by atoms with Crippen molar-refractivity contribution in [3.63, 3.8) is 0 Å². The summed E-state index contributed by atoms with van der Waals surface area (Å²) in [4.78, 5) is 3.07. The number of fused-ring (bicyclic) bond motifs is 1. The van der Waals surface area contributed by atoms with Crippen molar-refractivity contribution in [1.29, 1.82) is 0 Å². The lowest BCUT2D eigenvalue weighted by Crippen LogP contribution is -2.24. The number of rotatable bonds is 4. The molecule has 0 radical (unpaired) electrons. The standard InChI is InChI=1S/C17H12F4N2O2S/c18-13-6-7-14(15(9-13)26(24,25)17(19,20)21)23-10-12-4-1-3-11-5-2-8-22-16(11)12/h1-9,23H,10H2. The van der Waals surface area contributed by atoms with Gasteiger partial charge in [0.2, 0.25) is 0 Å². The van der Waals surface area contributed by atoms with Crippen molar-refractivity contribution in [3.8, 4) is 0 Å². The molecule has 0 unspecified atom stereocenters. The van der Waals surface area contributed by atoms with E-state index in [1.165, 1.54) is 0 Å². The van der Waals surface area contributed by atoms with E-state index in [1.54, 1.807) is 24.4 Å². The first-order valence-electron chi connectivity index (χ1n) is 7.37. The van der Waals surface area contributed by atoms with Gasteiger partial charge in [0.25, 0.3) is 9.84 Å². The van der Waals surface area contributed by atoms with E-state index in [1.807, 2.05) is 12.1 Å². The van der Waals surface area contributed by atoms with E-state index >= 15 is 0 Å². The Morgan fingerprint density at radius 3 is 2.50 bits per heavy atom. The first kappa shape index (κ1) is 18.1. The Bertz CT molecular complexity index is 1060. The van der Waals surface area contributed by atoms with Gasteiger partial charge in [-0.15, -0.1) is 0 Å². The van der Waals surface area contributed by atoms with Crippen LogP contribution in [0.15, 0.2) is 59.6 Å². The Kier molecular flexibility index (Phi) is 4.57. The number of sulfone groups is 1. The quantitative estimate of drug-likeness (QED) is 0.682. The summed E-state index contributed by atoms with van der Waals surface area (Å²) in [6, 6.07) is 11.1. The molecule has 0 bridgehead atoms. The molecule has 1 heterocycles. The van der Waals surface area contributed by atoms with Crippen LogP contribution in [-0.4, -0.2) is 18.9 Å². The second kappa shape index (κ2) is 6.56. The van der Waals surface area contributed by atoms with Gasteiger partial charge in [-0.05, 0) is 29.8 Å². The average molecular weight is 384 g/mol. The van der Waals surface area contributed by atoms with E-state index in [-0.39, 0.29) is 12.2 Å². The minimum Gasteiger partial charge on any atom is -0.380 e. The lowest BCUT2D eigenvalue weighted by atomic mass is 10.1. The highest BCUT2D eigenvalue weighted by molar-refractivity contribution is 7.92. The molecule has 0 aliphatic carbocycles. The first-order chi connectivity index (χ1) is 12.2. The maximum atomic E-state index is 13.4. The molecule has 1 aromatic heterocycles. The number of pyridine rings is 1. The second-order valence-corrected chi connectivity index (χ2v) is 7.35. The molecule has 0 saturated carbocycles. The van der Waals surface area contributed by atoms with Gasteiger partial charge in [0, 0.05) is 18.1 Å². The second-order valence-electron chi connectivity index (χ2n) is 5.44. The van der Waals surface area contributed by atoms with E-state index in [0.717, 1.165) is 17.5 Å². The van der Waals surface area contributed by atoms with E-state index < -0.39 is 26.1 Å². The smallest absolute Gasteiger partial charge is 0.380 e. The van der Waals surface area contributed by atoms with Crippen LogP contribution in [-0.2, 0) is 16.4 Å². The van der Waals surface area contributed by atoms with Crippen LogP contribution in [0.25, 0.3) is 10.9 Å². The Balaban J connectivity index is 1.99. The van der Waals surface area contributed by atoms with E-state index in [4.69, 9.17) is 0 Å². The van der Waals surface area contributed by atoms with Crippen molar-refractivity contribution >= 4 is 26.4 Å². The molecule has 1 N–H and O–H groups in total. The average Bonchev–Trinajstić information content (AvgIpc) is 2.59. The number of benzene rings is 2. The molecule has 3 rings (SSSR count). The zero-order chi connectivity index (χ0) is 18.9. The lowest BCUT2D eigenvalue weighted by Gasteiger charge is -2.15. The van der Waals surface area contributed by atoms with Crippen LogP contribution in [0.4, 0.5) is 23.2 Å². The third-order valence-electron chi connectivity index (χ3n) is 3.72. The van der Waals surface area contributed by atoms with Gasteiger partial charge in [-0.25, -0.2) is 12.8 Å². The van der Waals surface area contributed by atoms with E-state index in [0.29, 0.717) is 17.1 Å². The van der Waals surface area contributed by atoms with Gasteiger partial charge in [0.05, 0.1) is 11.2 Å². The summed E-state index contributed by atoms with van der Waals surface area (Å²) in [7, 11) is -5.69. The molecule has 0 atom stereocenters. The Morgan fingerprint density at radius 1 is 1.04 bits per heavy atom. The van der Waals surface area contributed by atoms with Crippen molar-refractivity contribution in [2.24, 2.45) is 0 Å². The molecule has 3 aromatic rings. The SMILES string of the molecule is O=S(=O)(c1cc(F)ccc1NCc1cccc2cccnc12)C(F)(F)F. The van der Waals surface area contributed by atoms with Crippen LogP contribution >= 0.6 is 0 Å². The third kappa shape index (κ3) is 3.34. The largest absolute Gasteiger partial charge is 0.501 e.